The summed E-state index contributed by atoms with van der Waals surface area (Å²) in [6.45, 7) is 0. The predicted octanol–water partition coefficient (Wildman–Crippen LogP) is 2.32. The summed E-state index contributed by atoms with van der Waals surface area (Å²) < 4.78 is 10.6. The molecule has 7 nitrogen and oxygen atoms in total. The maximum atomic E-state index is 12.5. The number of nitrogens with zero attached hydrogens (tertiary/aromatic N) is 1. The van der Waals surface area contributed by atoms with E-state index < -0.39 is 12.0 Å². The van der Waals surface area contributed by atoms with E-state index in [9.17, 15) is 9.59 Å². The number of aliphatic carboxylic acids is 1. The van der Waals surface area contributed by atoms with Crippen LogP contribution in [0.15, 0.2) is 42.5 Å². The molecule has 7 heteroatoms. The van der Waals surface area contributed by atoms with Crippen molar-refractivity contribution in [3.8, 4) is 17.6 Å². The van der Waals surface area contributed by atoms with E-state index in [0.717, 1.165) is 5.56 Å². The zero-order valence-corrected chi connectivity index (χ0v) is 15.8. The van der Waals surface area contributed by atoms with Crippen LogP contribution in [0, 0.1) is 11.3 Å². The van der Waals surface area contributed by atoms with Gasteiger partial charge in [-0.3, -0.25) is 9.59 Å². The highest BCUT2D eigenvalue weighted by Gasteiger charge is 2.19. The van der Waals surface area contributed by atoms with Gasteiger partial charge in [0.15, 0.2) is 11.5 Å². The van der Waals surface area contributed by atoms with Crippen molar-refractivity contribution in [2.45, 2.75) is 25.3 Å². The summed E-state index contributed by atoms with van der Waals surface area (Å²) >= 11 is 0. The third-order valence-electron chi connectivity index (χ3n) is 4.19. The quantitative estimate of drug-likeness (QED) is 0.689. The van der Waals surface area contributed by atoms with E-state index in [-0.39, 0.29) is 18.7 Å². The van der Waals surface area contributed by atoms with Crippen molar-refractivity contribution in [3.05, 3.63) is 59.2 Å². The summed E-state index contributed by atoms with van der Waals surface area (Å²) in [5.41, 5.74) is 2.00. The van der Waals surface area contributed by atoms with Gasteiger partial charge in [0.2, 0.25) is 5.91 Å². The van der Waals surface area contributed by atoms with Crippen LogP contribution in [0.4, 0.5) is 0 Å². The number of carbonyl (C=O) groups is 2. The van der Waals surface area contributed by atoms with Crippen molar-refractivity contribution < 1.29 is 24.2 Å². The molecule has 0 radical (unpaired) electrons. The molecule has 1 amide bonds. The van der Waals surface area contributed by atoms with Crippen LogP contribution in [-0.2, 0) is 22.4 Å². The van der Waals surface area contributed by atoms with E-state index in [2.05, 4.69) is 5.32 Å². The Morgan fingerprint density at radius 1 is 1.14 bits per heavy atom. The molecule has 146 valence electrons. The van der Waals surface area contributed by atoms with Gasteiger partial charge in [0.1, 0.15) is 0 Å². The van der Waals surface area contributed by atoms with Gasteiger partial charge < -0.3 is 19.9 Å². The maximum Gasteiger partial charge on any atom is 0.305 e. The summed E-state index contributed by atoms with van der Waals surface area (Å²) in [6, 6.07) is 13.5. The van der Waals surface area contributed by atoms with Gasteiger partial charge in [-0.25, -0.2) is 0 Å². The molecule has 2 N–H and O–H groups in total. The topological polar surface area (TPSA) is 109 Å². The van der Waals surface area contributed by atoms with Crippen LogP contribution in [0.25, 0.3) is 0 Å². The Labute approximate surface area is 163 Å². The van der Waals surface area contributed by atoms with Crippen molar-refractivity contribution in [2.75, 3.05) is 14.2 Å². The summed E-state index contributed by atoms with van der Waals surface area (Å²) in [5, 5.41) is 20.8. The molecule has 2 rings (SSSR count). The Kier molecular flexibility index (Phi) is 7.40. The summed E-state index contributed by atoms with van der Waals surface area (Å²) in [6.07, 6.45) is 0.170. The Morgan fingerprint density at radius 2 is 1.86 bits per heavy atom. The normalized spacial score (nSPS) is 11.2. The molecule has 0 spiro atoms. The van der Waals surface area contributed by atoms with Gasteiger partial charge in [0, 0.05) is 11.6 Å². The minimum absolute atomic E-state index is 0.0316. The fraction of sp³-hybridized carbons (Fsp3) is 0.286. The van der Waals surface area contributed by atoms with Gasteiger partial charge in [-0.05, 0) is 30.2 Å². The zero-order valence-electron chi connectivity index (χ0n) is 15.8. The smallest absolute Gasteiger partial charge is 0.305 e. The molecular formula is C21H22N2O5. The number of benzene rings is 2. The number of amides is 1. The lowest BCUT2D eigenvalue weighted by atomic mass is 10.0. The van der Waals surface area contributed by atoms with Gasteiger partial charge in [-0.1, -0.05) is 24.3 Å². The highest BCUT2D eigenvalue weighted by molar-refractivity contribution is 5.80. The van der Waals surface area contributed by atoms with Crippen LogP contribution in [0.2, 0.25) is 0 Å². The number of methoxy groups -OCH3 is 2. The number of ether oxygens (including phenoxy) is 2. The number of hydrogen-bond acceptors (Lipinski definition) is 5. The molecule has 28 heavy (non-hydrogen) atoms. The lowest BCUT2D eigenvalue weighted by molar-refractivity contribution is -0.137. The largest absolute Gasteiger partial charge is 0.493 e. The van der Waals surface area contributed by atoms with E-state index in [1.54, 1.807) is 42.5 Å². The van der Waals surface area contributed by atoms with Crippen LogP contribution in [0.3, 0.4) is 0 Å². The molecule has 2 aromatic rings. The lowest BCUT2D eigenvalue weighted by Gasteiger charge is -2.18. The third-order valence-corrected chi connectivity index (χ3v) is 4.19. The molecule has 0 aromatic heterocycles. The van der Waals surface area contributed by atoms with Crippen molar-refractivity contribution in [2.24, 2.45) is 0 Å². The Bertz CT molecular complexity index is 871. The molecule has 0 aliphatic rings. The number of nitrogens with one attached hydrogen (secondary N) is 1. The zero-order chi connectivity index (χ0) is 20.5. The highest BCUT2D eigenvalue weighted by Crippen LogP contribution is 2.30. The fourth-order valence-electron chi connectivity index (χ4n) is 2.93. The minimum atomic E-state index is -1.00. The van der Waals surface area contributed by atoms with E-state index >= 15 is 0 Å². The van der Waals surface area contributed by atoms with Crippen LogP contribution in [-0.4, -0.2) is 37.2 Å². The number of carboxylic acids is 1. The summed E-state index contributed by atoms with van der Waals surface area (Å²) in [5.74, 6) is -0.321. The number of rotatable bonds is 9. The van der Waals surface area contributed by atoms with E-state index in [0.29, 0.717) is 29.0 Å². The van der Waals surface area contributed by atoms with Crippen molar-refractivity contribution >= 4 is 11.9 Å². The standard InChI is InChI=1S/C21H22N2O5/c1-27-18-5-3-4-16(21(18)28-2)11-19(24)23-17(12-20(25)26)10-14-6-8-15(13-22)9-7-14/h3-9,17H,10-12H2,1-2H3,(H,23,24)(H,25,26). The predicted molar refractivity (Wildman–Crippen MR) is 102 cm³/mol. The van der Waals surface area contributed by atoms with Gasteiger partial charge in [0.05, 0.1) is 38.7 Å². The Morgan fingerprint density at radius 3 is 2.43 bits per heavy atom. The molecule has 1 atom stereocenters. The first-order chi connectivity index (χ1) is 13.5. The molecule has 0 saturated heterocycles. The van der Waals surface area contributed by atoms with Crippen molar-refractivity contribution in [1.29, 1.82) is 5.26 Å². The maximum absolute atomic E-state index is 12.5. The monoisotopic (exact) mass is 382 g/mol. The second kappa shape index (κ2) is 9.97. The first kappa shape index (κ1) is 20.8. The highest BCUT2D eigenvalue weighted by atomic mass is 16.5. The van der Waals surface area contributed by atoms with Gasteiger partial charge in [-0.2, -0.15) is 5.26 Å². The molecule has 2 aromatic carbocycles. The van der Waals surface area contributed by atoms with Crippen molar-refractivity contribution in [3.63, 3.8) is 0 Å². The lowest BCUT2D eigenvalue weighted by Crippen LogP contribution is -2.39. The minimum Gasteiger partial charge on any atom is -0.493 e. The first-order valence-corrected chi connectivity index (χ1v) is 8.66. The number of para-hydroxylation sites is 1. The van der Waals surface area contributed by atoms with Crippen LogP contribution in [0.1, 0.15) is 23.1 Å². The molecule has 0 aliphatic carbocycles. The van der Waals surface area contributed by atoms with Crippen LogP contribution < -0.4 is 14.8 Å². The molecule has 0 heterocycles. The van der Waals surface area contributed by atoms with E-state index in [1.807, 2.05) is 6.07 Å². The number of nitriles is 1. The Hall–Kier alpha value is -3.53. The Balaban J connectivity index is 2.10. The van der Waals surface area contributed by atoms with Gasteiger partial charge in [0.25, 0.3) is 0 Å². The molecule has 0 bridgehead atoms. The van der Waals surface area contributed by atoms with E-state index in [1.165, 1.54) is 14.2 Å². The average molecular weight is 382 g/mol. The van der Waals surface area contributed by atoms with Crippen LogP contribution >= 0.6 is 0 Å². The second-order valence-electron chi connectivity index (χ2n) is 6.20. The van der Waals surface area contributed by atoms with E-state index in [4.69, 9.17) is 19.8 Å². The first-order valence-electron chi connectivity index (χ1n) is 8.66. The number of carbonyl (C=O) groups excluding carboxylic acids is 1. The van der Waals surface area contributed by atoms with Crippen LogP contribution in [0.5, 0.6) is 11.5 Å². The molecule has 0 saturated carbocycles. The summed E-state index contributed by atoms with van der Waals surface area (Å²) in [7, 11) is 3.01. The van der Waals surface area contributed by atoms with Gasteiger partial charge in [-0.15, -0.1) is 0 Å². The molecule has 1 unspecified atom stereocenters. The number of hydrogen-bond donors (Lipinski definition) is 2. The molecule has 0 fully saturated rings. The fourth-order valence-corrected chi connectivity index (χ4v) is 2.93. The summed E-state index contributed by atoms with van der Waals surface area (Å²) in [4.78, 5) is 23.7. The SMILES string of the molecule is COc1cccc(CC(=O)NC(CC(=O)O)Cc2ccc(C#N)cc2)c1OC. The average Bonchev–Trinajstić information content (AvgIpc) is 2.67. The number of carboxylic acid groups (broad SMARTS) is 1. The third kappa shape index (κ3) is 5.74. The molecular weight excluding hydrogens is 360 g/mol. The second-order valence-corrected chi connectivity index (χ2v) is 6.20. The molecule has 0 aliphatic heterocycles. The van der Waals surface area contributed by atoms with Gasteiger partial charge >= 0.3 is 5.97 Å². The van der Waals surface area contributed by atoms with Crippen molar-refractivity contribution in [1.82, 2.24) is 5.32 Å².